The van der Waals surface area contributed by atoms with Gasteiger partial charge in [-0.1, -0.05) is 51.3 Å². The van der Waals surface area contributed by atoms with E-state index in [1.807, 2.05) is 13.0 Å². The fourth-order valence-electron chi connectivity index (χ4n) is 5.65. The lowest BCUT2D eigenvalue weighted by atomic mass is 9.59. The van der Waals surface area contributed by atoms with Crippen LogP contribution in [0.3, 0.4) is 0 Å². The number of aliphatic carboxylic acids is 1. The van der Waals surface area contributed by atoms with Gasteiger partial charge in [0.2, 0.25) is 11.8 Å². The summed E-state index contributed by atoms with van der Waals surface area (Å²) in [5.41, 5.74) is 0.362. The summed E-state index contributed by atoms with van der Waals surface area (Å²) in [5, 5.41) is 16.8. The molecule has 3 aromatic carbocycles. The highest BCUT2D eigenvalue weighted by molar-refractivity contribution is 9.10. The first-order valence-electron chi connectivity index (χ1n) is 12.2. The van der Waals surface area contributed by atoms with Gasteiger partial charge in [0.1, 0.15) is 11.2 Å². The first-order valence-corrected chi connectivity index (χ1v) is 13.8. The average Bonchev–Trinajstić information content (AvgIpc) is 3.14. The summed E-state index contributed by atoms with van der Waals surface area (Å²) in [6.07, 6.45) is -0.0497. The van der Waals surface area contributed by atoms with Crippen LogP contribution in [0.4, 0.5) is 5.69 Å². The minimum atomic E-state index is -1.57. The van der Waals surface area contributed by atoms with E-state index in [9.17, 15) is 19.5 Å². The zero-order valence-corrected chi connectivity index (χ0v) is 24.4. The van der Waals surface area contributed by atoms with E-state index < -0.39 is 28.9 Å². The second-order valence-corrected chi connectivity index (χ2v) is 12.2. The van der Waals surface area contributed by atoms with E-state index in [0.717, 1.165) is 5.56 Å². The lowest BCUT2D eigenvalue weighted by molar-refractivity contribution is -0.152. The summed E-state index contributed by atoms with van der Waals surface area (Å²) in [5.74, 6) is -2.22. The quantitative estimate of drug-likeness (QED) is 0.297. The molecule has 1 fully saturated rings. The number of nitrogens with one attached hydrogen (secondary N) is 2. The van der Waals surface area contributed by atoms with Gasteiger partial charge < -0.3 is 20.5 Å². The Kier molecular flexibility index (Phi) is 6.94. The number of carbonyl (C=O) groups is 3. The highest BCUT2D eigenvalue weighted by Crippen LogP contribution is 2.59. The molecule has 5 rings (SSSR count). The third-order valence-electron chi connectivity index (χ3n) is 7.53. The number of rotatable bonds is 5. The molecule has 39 heavy (non-hydrogen) atoms. The SMILES string of the molecule is Cc1ccc(Cl)cc1[C@@H]1NC(=O)C[C@H](c2cc(Br)ccc2OC(C)(C)C(=O)O)[C@@]12C(=O)Nc1cc(Cl)ccc12. The Morgan fingerprint density at radius 1 is 1.05 bits per heavy atom. The fourth-order valence-corrected chi connectivity index (χ4v) is 6.38. The molecule has 0 unspecified atom stereocenters. The van der Waals surface area contributed by atoms with Crippen LogP contribution in [0.15, 0.2) is 59.1 Å². The van der Waals surface area contributed by atoms with Crippen molar-refractivity contribution >= 4 is 62.6 Å². The monoisotopic (exact) mass is 630 g/mol. The van der Waals surface area contributed by atoms with Crippen LogP contribution < -0.4 is 15.4 Å². The Hall–Kier alpha value is -3.07. The number of fused-ring (bicyclic) bond motifs is 2. The molecule has 2 aliphatic heterocycles. The number of halogens is 3. The molecule has 3 N–H and O–H groups in total. The number of carboxylic acid groups (broad SMARTS) is 1. The number of hydrogen-bond donors (Lipinski definition) is 3. The van der Waals surface area contributed by atoms with Crippen LogP contribution in [-0.2, 0) is 19.8 Å². The van der Waals surface area contributed by atoms with Crippen LogP contribution in [0.2, 0.25) is 10.0 Å². The number of anilines is 1. The zero-order valence-electron chi connectivity index (χ0n) is 21.3. The van der Waals surface area contributed by atoms with Crippen molar-refractivity contribution in [2.45, 2.75) is 50.2 Å². The maximum absolute atomic E-state index is 14.3. The number of hydrogen-bond acceptors (Lipinski definition) is 4. The van der Waals surface area contributed by atoms with Crippen LogP contribution in [0.25, 0.3) is 0 Å². The van der Waals surface area contributed by atoms with E-state index in [1.165, 1.54) is 13.8 Å². The standard InChI is InChI=1S/C29H25BrCl2N2O5/c1-14-4-6-16(31)11-18(14)25-29(20-8-7-17(32)12-22(20)33-26(29)36)21(13-24(35)34-25)19-10-15(30)5-9-23(19)39-28(2,3)27(37)38/h4-12,21,25H,13H2,1-3H3,(H,33,36)(H,34,35)(H,37,38)/t21-,25+,29-/m1/s1. The first-order chi connectivity index (χ1) is 18.3. The third-order valence-corrected chi connectivity index (χ3v) is 8.49. The van der Waals surface area contributed by atoms with Crippen molar-refractivity contribution in [2.75, 3.05) is 5.32 Å². The van der Waals surface area contributed by atoms with Gasteiger partial charge in [-0.3, -0.25) is 9.59 Å². The van der Waals surface area contributed by atoms with Crippen molar-refractivity contribution in [1.82, 2.24) is 5.32 Å². The molecule has 10 heteroatoms. The second kappa shape index (κ2) is 9.84. The van der Waals surface area contributed by atoms with E-state index in [-0.39, 0.29) is 24.0 Å². The normalized spacial score (nSPS) is 22.3. The van der Waals surface area contributed by atoms with Gasteiger partial charge in [-0.2, -0.15) is 0 Å². The van der Waals surface area contributed by atoms with Gasteiger partial charge in [0, 0.05) is 38.1 Å². The van der Waals surface area contributed by atoms with Crippen molar-refractivity contribution < 1.29 is 24.2 Å². The molecule has 0 bridgehead atoms. The molecule has 0 radical (unpaired) electrons. The Bertz CT molecular complexity index is 1540. The average molecular weight is 632 g/mol. The van der Waals surface area contributed by atoms with Crippen LogP contribution in [0.5, 0.6) is 5.75 Å². The minimum Gasteiger partial charge on any atom is -0.478 e. The Labute approximate surface area is 244 Å². The first kappa shape index (κ1) is 27.5. The number of piperidine rings is 1. The lowest BCUT2D eigenvalue weighted by Crippen LogP contribution is -2.57. The molecule has 1 saturated heterocycles. The molecule has 0 aromatic heterocycles. The number of benzene rings is 3. The van der Waals surface area contributed by atoms with Gasteiger partial charge in [-0.15, -0.1) is 0 Å². The van der Waals surface area contributed by atoms with Gasteiger partial charge in [-0.05, 0) is 79.9 Å². The number of amides is 2. The van der Waals surface area contributed by atoms with Crippen molar-refractivity contribution in [1.29, 1.82) is 0 Å². The smallest absolute Gasteiger partial charge is 0.347 e. The summed E-state index contributed by atoms with van der Waals surface area (Å²) in [6.45, 7) is 4.79. The van der Waals surface area contributed by atoms with E-state index in [1.54, 1.807) is 48.5 Å². The second-order valence-electron chi connectivity index (χ2n) is 10.4. The van der Waals surface area contributed by atoms with Gasteiger partial charge >= 0.3 is 5.97 Å². The summed E-state index contributed by atoms with van der Waals surface area (Å²) < 4.78 is 6.73. The summed E-state index contributed by atoms with van der Waals surface area (Å²) >= 11 is 16.2. The number of carbonyl (C=O) groups excluding carboxylic acids is 2. The van der Waals surface area contributed by atoms with E-state index >= 15 is 0 Å². The Balaban J connectivity index is 1.82. The van der Waals surface area contributed by atoms with Gasteiger partial charge in [-0.25, -0.2) is 4.79 Å². The molecule has 0 saturated carbocycles. The van der Waals surface area contributed by atoms with Crippen molar-refractivity contribution in [3.05, 3.63) is 91.4 Å². The fraction of sp³-hybridized carbons (Fsp3) is 0.276. The highest BCUT2D eigenvalue weighted by atomic mass is 79.9. The number of aryl methyl sites for hydroxylation is 1. The highest BCUT2D eigenvalue weighted by Gasteiger charge is 2.62. The molecule has 2 heterocycles. The summed E-state index contributed by atoms with van der Waals surface area (Å²) in [6, 6.07) is 14.9. The van der Waals surface area contributed by atoms with E-state index in [0.29, 0.717) is 36.9 Å². The predicted octanol–water partition coefficient (Wildman–Crippen LogP) is 6.54. The summed E-state index contributed by atoms with van der Waals surface area (Å²) in [4.78, 5) is 39.6. The molecule has 1 spiro atoms. The van der Waals surface area contributed by atoms with Gasteiger partial charge in [0.05, 0.1) is 6.04 Å². The third kappa shape index (κ3) is 4.58. The predicted molar refractivity (Wildman–Crippen MR) is 153 cm³/mol. The Morgan fingerprint density at radius 3 is 2.46 bits per heavy atom. The van der Waals surface area contributed by atoms with Crippen LogP contribution in [0.1, 0.15) is 54.5 Å². The largest absolute Gasteiger partial charge is 0.478 e. The van der Waals surface area contributed by atoms with Crippen LogP contribution >= 0.6 is 39.1 Å². The number of carboxylic acids is 1. The molecule has 2 aliphatic rings. The van der Waals surface area contributed by atoms with Crippen molar-refractivity contribution in [3.63, 3.8) is 0 Å². The molecule has 0 aliphatic carbocycles. The molecule has 3 aromatic rings. The molecule has 7 nitrogen and oxygen atoms in total. The molecule has 202 valence electrons. The van der Waals surface area contributed by atoms with Gasteiger partial charge in [0.15, 0.2) is 5.60 Å². The Morgan fingerprint density at radius 2 is 1.74 bits per heavy atom. The van der Waals surface area contributed by atoms with Crippen molar-refractivity contribution in [2.24, 2.45) is 0 Å². The maximum atomic E-state index is 14.3. The maximum Gasteiger partial charge on any atom is 0.347 e. The minimum absolute atomic E-state index is 0.0497. The lowest BCUT2D eigenvalue weighted by Gasteiger charge is -2.47. The van der Waals surface area contributed by atoms with Crippen molar-refractivity contribution in [3.8, 4) is 5.75 Å². The summed E-state index contributed by atoms with van der Waals surface area (Å²) in [7, 11) is 0. The van der Waals surface area contributed by atoms with E-state index in [4.69, 9.17) is 27.9 Å². The molecular weight excluding hydrogens is 607 g/mol. The molecule has 2 amide bonds. The van der Waals surface area contributed by atoms with Gasteiger partial charge in [0.25, 0.3) is 0 Å². The van der Waals surface area contributed by atoms with Crippen LogP contribution in [-0.4, -0.2) is 28.5 Å². The van der Waals surface area contributed by atoms with E-state index in [2.05, 4.69) is 26.6 Å². The zero-order chi connectivity index (χ0) is 28.3. The molecule has 3 atom stereocenters. The van der Waals surface area contributed by atoms with Crippen LogP contribution in [0, 0.1) is 6.92 Å². The molecular formula is C29H25BrCl2N2O5. The number of ether oxygens (including phenoxy) is 1. The topological polar surface area (TPSA) is 105 Å².